The number of ether oxygens (including phenoxy) is 2. The predicted molar refractivity (Wildman–Crippen MR) is 90.0 cm³/mol. The first-order valence-electron chi connectivity index (χ1n) is 7.92. The molecule has 0 radical (unpaired) electrons. The van der Waals surface area contributed by atoms with Crippen LogP contribution in [0.3, 0.4) is 0 Å². The molecular weight excluding hydrogens is 290 g/mol. The van der Waals surface area contributed by atoms with E-state index in [0.717, 1.165) is 29.8 Å². The van der Waals surface area contributed by atoms with E-state index in [1.807, 2.05) is 49.4 Å². The lowest BCUT2D eigenvalue weighted by molar-refractivity contribution is 0.156. The van der Waals surface area contributed by atoms with Gasteiger partial charge in [-0.2, -0.15) is 0 Å². The molecule has 0 aliphatic carbocycles. The second-order valence-corrected chi connectivity index (χ2v) is 5.53. The zero-order chi connectivity index (χ0) is 16.2. The molecule has 0 N–H and O–H groups in total. The number of hydrogen-bond donors (Lipinski definition) is 0. The van der Waals surface area contributed by atoms with E-state index in [1.165, 1.54) is 5.56 Å². The highest BCUT2D eigenvalue weighted by Crippen LogP contribution is 2.39. The van der Waals surface area contributed by atoms with E-state index in [9.17, 15) is 4.79 Å². The van der Waals surface area contributed by atoms with Gasteiger partial charge in [0.15, 0.2) is 0 Å². The Bertz CT molecular complexity index is 681. The van der Waals surface area contributed by atoms with E-state index in [-0.39, 0.29) is 12.1 Å². The van der Waals surface area contributed by atoms with E-state index >= 15 is 0 Å². The Labute approximate surface area is 136 Å². The summed E-state index contributed by atoms with van der Waals surface area (Å²) in [6.07, 6.45) is 1.53. The van der Waals surface area contributed by atoms with Gasteiger partial charge in [-0.3, -0.25) is 4.90 Å². The number of para-hydroxylation sites is 1. The smallest absolute Gasteiger partial charge is 0.414 e. The van der Waals surface area contributed by atoms with Gasteiger partial charge >= 0.3 is 6.09 Å². The number of rotatable bonds is 3. The van der Waals surface area contributed by atoms with Crippen LogP contribution in [0, 0.1) is 0 Å². The zero-order valence-electron chi connectivity index (χ0n) is 13.5. The number of benzene rings is 2. The van der Waals surface area contributed by atoms with Crippen LogP contribution < -0.4 is 9.64 Å². The highest BCUT2D eigenvalue weighted by Gasteiger charge is 2.32. The molecule has 1 amide bonds. The van der Waals surface area contributed by atoms with Gasteiger partial charge in [-0.15, -0.1) is 0 Å². The molecule has 0 aromatic heterocycles. The van der Waals surface area contributed by atoms with Gasteiger partial charge in [0.25, 0.3) is 0 Å². The van der Waals surface area contributed by atoms with Crippen molar-refractivity contribution >= 4 is 11.8 Å². The topological polar surface area (TPSA) is 38.8 Å². The SMILES string of the molecule is CCOC(=O)N1c2ccccc2CC[C@@H]1c1ccc(OC)cc1. The van der Waals surface area contributed by atoms with E-state index in [2.05, 4.69) is 6.07 Å². The van der Waals surface area contributed by atoms with Gasteiger partial charge in [0.05, 0.1) is 25.4 Å². The number of carbonyl (C=O) groups excluding carboxylic acids is 1. The van der Waals surface area contributed by atoms with Crippen molar-refractivity contribution in [3.63, 3.8) is 0 Å². The van der Waals surface area contributed by atoms with Crippen molar-refractivity contribution < 1.29 is 14.3 Å². The number of fused-ring (bicyclic) bond motifs is 1. The third kappa shape index (κ3) is 3.02. The normalized spacial score (nSPS) is 16.6. The molecule has 0 saturated carbocycles. The molecule has 0 unspecified atom stereocenters. The number of nitrogens with zero attached hydrogens (tertiary/aromatic N) is 1. The summed E-state index contributed by atoms with van der Waals surface area (Å²) in [6.45, 7) is 2.20. The van der Waals surface area contributed by atoms with Crippen molar-refractivity contribution in [3.05, 3.63) is 59.7 Å². The molecule has 4 heteroatoms. The molecule has 0 saturated heterocycles. The molecule has 1 atom stereocenters. The number of aryl methyl sites for hydroxylation is 1. The summed E-state index contributed by atoms with van der Waals surface area (Å²) in [5.41, 5.74) is 3.22. The van der Waals surface area contributed by atoms with Crippen LogP contribution >= 0.6 is 0 Å². The molecular formula is C19H21NO3. The minimum Gasteiger partial charge on any atom is -0.497 e. The standard InChI is InChI=1S/C19H21NO3/c1-3-23-19(21)20-17-7-5-4-6-14(17)10-13-18(20)15-8-11-16(22-2)12-9-15/h4-9,11-12,18H,3,10,13H2,1-2H3/t18-/m1/s1. The van der Waals surface area contributed by atoms with Crippen LogP contribution in [0.4, 0.5) is 10.5 Å². The summed E-state index contributed by atoms with van der Waals surface area (Å²) in [4.78, 5) is 14.3. The summed E-state index contributed by atoms with van der Waals surface area (Å²) in [6, 6.07) is 15.9. The number of hydrogen-bond acceptors (Lipinski definition) is 3. The van der Waals surface area contributed by atoms with Gasteiger partial charge < -0.3 is 9.47 Å². The first kappa shape index (κ1) is 15.4. The van der Waals surface area contributed by atoms with Crippen LogP contribution in [-0.4, -0.2) is 19.8 Å². The molecule has 23 heavy (non-hydrogen) atoms. The quantitative estimate of drug-likeness (QED) is 0.846. The Hall–Kier alpha value is -2.49. The molecule has 1 aliphatic heterocycles. The highest BCUT2D eigenvalue weighted by molar-refractivity contribution is 5.90. The Morgan fingerprint density at radius 1 is 1.17 bits per heavy atom. The Morgan fingerprint density at radius 3 is 2.61 bits per heavy atom. The maximum Gasteiger partial charge on any atom is 0.414 e. The van der Waals surface area contributed by atoms with Gasteiger partial charge in [-0.05, 0) is 49.1 Å². The summed E-state index contributed by atoms with van der Waals surface area (Å²) in [7, 11) is 1.65. The molecule has 0 spiro atoms. The van der Waals surface area contributed by atoms with E-state index in [4.69, 9.17) is 9.47 Å². The van der Waals surface area contributed by atoms with Gasteiger partial charge in [-0.1, -0.05) is 30.3 Å². The van der Waals surface area contributed by atoms with E-state index in [0.29, 0.717) is 6.61 Å². The predicted octanol–water partition coefficient (Wildman–Crippen LogP) is 4.35. The van der Waals surface area contributed by atoms with Crippen LogP contribution in [0.2, 0.25) is 0 Å². The molecule has 1 aliphatic rings. The first-order chi connectivity index (χ1) is 11.2. The summed E-state index contributed by atoms with van der Waals surface area (Å²) in [5.74, 6) is 0.813. The van der Waals surface area contributed by atoms with Crippen LogP contribution in [-0.2, 0) is 11.2 Å². The van der Waals surface area contributed by atoms with Crippen molar-refractivity contribution in [1.29, 1.82) is 0 Å². The zero-order valence-corrected chi connectivity index (χ0v) is 13.5. The van der Waals surface area contributed by atoms with Crippen LogP contribution in [0.5, 0.6) is 5.75 Å². The van der Waals surface area contributed by atoms with Gasteiger partial charge in [0, 0.05) is 0 Å². The third-order valence-electron chi connectivity index (χ3n) is 4.22. The molecule has 0 bridgehead atoms. The summed E-state index contributed by atoms with van der Waals surface area (Å²) >= 11 is 0. The maximum absolute atomic E-state index is 12.5. The number of anilines is 1. The largest absolute Gasteiger partial charge is 0.497 e. The van der Waals surface area contributed by atoms with Crippen LogP contribution in [0.1, 0.15) is 30.5 Å². The van der Waals surface area contributed by atoms with Gasteiger partial charge in [0.1, 0.15) is 5.75 Å². The van der Waals surface area contributed by atoms with Crippen molar-refractivity contribution in [2.75, 3.05) is 18.6 Å². The van der Waals surface area contributed by atoms with Crippen molar-refractivity contribution in [2.45, 2.75) is 25.8 Å². The molecule has 3 rings (SSSR count). The minimum atomic E-state index is -0.291. The molecule has 2 aromatic rings. The van der Waals surface area contributed by atoms with Gasteiger partial charge in [-0.25, -0.2) is 4.79 Å². The maximum atomic E-state index is 12.5. The Balaban J connectivity index is 1.99. The molecule has 1 heterocycles. The Kier molecular flexibility index (Phi) is 4.51. The molecule has 2 aromatic carbocycles. The van der Waals surface area contributed by atoms with E-state index in [1.54, 1.807) is 12.0 Å². The van der Waals surface area contributed by atoms with Crippen molar-refractivity contribution in [3.8, 4) is 5.75 Å². The summed E-state index contributed by atoms with van der Waals surface area (Å²) in [5, 5.41) is 0. The van der Waals surface area contributed by atoms with E-state index < -0.39 is 0 Å². The number of carbonyl (C=O) groups is 1. The highest BCUT2D eigenvalue weighted by atomic mass is 16.6. The fraction of sp³-hybridized carbons (Fsp3) is 0.316. The lowest BCUT2D eigenvalue weighted by Crippen LogP contribution is -2.38. The lowest BCUT2D eigenvalue weighted by Gasteiger charge is -2.36. The van der Waals surface area contributed by atoms with Crippen molar-refractivity contribution in [1.82, 2.24) is 0 Å². The number of methoxy groups -OCH3 is 1. The Morgan fingerprint density at radius 2 is 1.91 bits per heavy atom. The fourth-order valence-electron chi connectivity index (χ4n) is 3.11. The van der Waals surface area contributed by atoms with Crippen LogP contribution in [0.25, 0.3) is 0 Å². The van der Waals surface area contributed by atoms with Crippen LogP contribution in [0.15, 0.2) is 48.5 Å². The fourth-order valence-corrected chi connectivity index (χ4v) is 3.11. The average molecular weight is 311 g/mol. The monoisotopic (exact) mass is 311 g/mol. The molecule has 0 fully saturated rings. The molecule has 120 valence electrons. The van der Waals surface area contributed by atoms with Crippen molar-refractivity contribution in [2.24, 2.45) is 0 Å². The summed E-state index contributed by atoms with van der Waals surface area (Å²) < 4.78 is 10.5. The second kappa shape index (κ2) is 6.73. The number of amides is 1. The lowest BCUT2D eigenvalue weighted by atomic mass is 9.91. The second-order valence-electron chi connectivity index (χ2n) is 5.53. The average Bonchev–Trinajstić information content (AvgIpc) is 2.61. The first-order valence-corrected chi connectivity index (χ1v) is 7.92. The van der Waals surface area contributed by atoms with Gasteiger partial charge in [0.2, 0.25) is 0 Å². The minimum absolute atomic E-state index is 0.0187. The molecule has 4 nitrogen and oxygen atoms in total. The third-order valence-corrected chi connectivity index (χ3v) is 4.22.